The van der Waals surface area contributed by atoms with Crippen molar-refractivity contribution in [3.63, 3.8) is 0 Å². The van der Waals surface area contributed by atoms with Gasteiger partial charge in [0.05, 0.1) is 18.9 Å². The lowest BCUT2D eigenvalue weighted by atomic mass is 9.83. The lowest BCUT2D eigenvalue weighted by Crippen LogP contribution is -2.40. The second-order valence-electron chi connectivity index (χ2n) is 6.86. The smallest absolute Gasteiger partial charge is 0.333 e. The molecule has 142 valence electrons. The van der Waals surface area contributed by atoms with E-state index in [4.69, 9.17) is 14.2 Å². The molecule has 1 heterocycles. The summed E-state index contributed by atoms with van der Waals surface area (Å²) in [6, 6.07) is 6.07. The highest BCUT2D eigenvalue weighted by Crippen LogP contribution is 2.40. The Morgan fingerprint density at radius 1 is 1.08 bits per heavy atom. The number of hydrogen-bond acceptors (Lipinski definition) is 5. The minimum atomic E-state index is -0.398. The van der Waals surface area contributed by atoms with Crippen LogP contribution < -0.4 is 14.8 Å². The highest BCUT2D eigenvalue weighted by molar-refractivity contribution is 5.86. The highest BCUT2D eigenvalue weighted by Gasteiger charge is 2.43. The predicted octanol–water partition coefficient (Wildman–Crippen LogP) is 3.76. The third kappa shape index (κ3) is 4.14. The summed E-state index contributed by atoms with van der Waals surface area (Å²) in [5, 5.41) is 3.46. The first-order chi connectivity index (χ1) is 12.7. The molecule has 1 saturated carbocycles. The van der Waals surface area contributed by atoms with Crippen LogP contribution in [0, 0.1) is 0 Å². The molecule has 0 saturated heterocycles. The summed E-state index contributed by atoms with van der Waals surface area (Å²) in [6.07, 6.45) is 7.78. The van der Waals surface area contributed by atoms with Crippen LogP contribution in [0.2, 0.25) is 0 Å². The number of ether oxygens (including phenoxy) is 3. The van der Waals surface area contributed by atoms with Gasteiger partial charge >= 0.3 is 5.97 Å². The molecule has 1 aliphatic carbocycles. The topological polar surface area (TPSA) is 56.8 Å². The second kappa shape index (κ2) is 8.47. The average molecular weight is 359 g/mol. The normalized spacial score (nSPS) is 18.4. The fraction of sp³-hybridized carbons (Fsp3) is 0.571. The van der Waals surface area contributed by atoms with E-state index in [0.29, 0.717) is 13.2 Å². The summed E-state index contributed by atoms with van der Waals surface area (Å²) < 4.78 is 17.0. The summed E-state index contributed by atoms with van der Waals surface area (Å²) in [7, 11) is 0. The molecular formula is C21H29NO4. The summed E-state index contributed by atoms with van der Waals surface area (Å²) >= 11 is 0. The number of nitrogens with one attached hydrogen (secondary N) is 1. The van der Waals surface area contributed by atoms with Crippen molar-refractivity contribution in [2.75, 3.05) is 19.8 Å². The van der Waals surface area contributed by atoms with Gasteiger partial charge in [0.1, 0.15) is 0 Å². The first-order valence-electron chi connectivity index (χ1n) is 9.74. The molecule has 1 aromatic carbocycles. The number of benzene rings is 1. The van der Waals surface area contributed by atoms with Gasteiger partial charge in [-0.05, 0) is 63.6 Å². The van der Waals surface area contributed by atoms with Gasteiger partial charge in [0.2, 0.25) is 0 Å². The van der Waals surface area contributed by atoms with Gasteiger partial charge in [0.15, 0.2) is 17.1 Å². The molecule has 0 amide bonds. The number of rotatable bonds is 8. The molecule has 2 aliphatic rings. The largest absolute Gasteiger partial charge is 0.490 e. The van der Waals surface area contributed by atoms with E-state index in [9.17, 15) is 4.79 Å². The maximum Gasteiger partial charge on any atom is 0.333 e. The van der Waals surface area contributed by atoms with Crippen molar-refractivity contribution in [2.45, 2.75) is 58.0 Å². The Kier molecular flexibility index (Phi) is 6.07. The molecule has 1 aliphatic heterocycles. The van der Waals surface area contributed by atoms with Crippen LogP contribution in [0.3, 0.4) is 0 Å². The minimum absolute atomic E-state index is 0.214. The van der Waals surface area contributed by atoms with Crippen molar-refractivity contribution in [2.24, 2.45) is 0 Å². The summed E-state index contributed by atoms with van der Waals surface area (Å²) in [6.45, 7) is 5.91. The third-order valence-electron chi connectivity index (χ3n) is 5.05. The zero-order valence-electron chi connectivity index (χ0n) is 15.8. The van der Waals surface area contributed by atoms with Gasteiger partial charge in [-0.15, -0.1) is 0 Å². The lowest BCUT2D eigenvalue weighted by molar-refractivity contribution is -0.148. The zero-order valence-corrected chi connectivity index (χ0v) is 15.8. The molecule has 5 heteroatoms. The Hall–Kier alpha value is -2.17. The van der Waals surface area contributed by atoms with Crippen LogP contribution in [0.25, 0.3) is 0 Å². The fourth-order valence-corrected chi connectivity index (χ4v) is 3.83. The van der Waals surface area contributed by atoms with Gasteiger partial charge in [-0.1, -0.05) is 12.5 Å². The molecule has 1 aromatic rings. The van der Waals surface area contributed by atoms with E-state index >= 15 is 0 Å². The second-order valence-corrected chi connectivity index (χ2v) is 6.86. The number of esters is 1. The van der Waals surface area contributed by atoms with Crippen LogP contribution in [0.15, 0.2) is 30.0 Å². The van der Waals surface area contributed by atoms with Crippen LogP contribution in [-0.2, 0) is 16.0 Å². The lowest BCUT2D eigenvalue weighted by Gasteiger charge is -2.34. The van der Waals surface area contributed by atoms with Crippen LogP contribution in [-0.4, -0.2) is 31.3 Å². The van der Waals surface area contributed by atoms with Crippen molar-refractivity contribution in [1.29, 1.82) is 0 Å². The van der Waals surface area contributed by atoms with Crippen LogP contribution in [0.5, 0.6) is 11.5 Å². The Balaban J connectivity index is 1.61. The van der Waals surface area contributed by atoms with Crippen molar-refractivity contribution < 1.29 is 19.0 Å². The van der Waals surface area contributed by atoms with Gasteiger partial charge in [0, 0.05) is 12.6 Å². The third-order valence-corrected chi connectivity index (χ3v) is 5.05. The van der Waals surface area contributed by atoms with Gasteiger partial charge in [-0.25, -0.2) is 4.79 Å². The first-order valence-corrected chi connectivity index (χ1v) is 9.74. The molecule has 0 radical (unpaired) electrons. The number of carbonyl (C=O) groups is 1. The van der Waals surface area contributed by atoms with Crippen LogP contribution >= 0.6 is 0 Å². The Morgan fingerprint density at radius 2 is 1.81 bits per heavy atom. The standard InChI is InChI=1S/C21H29NO4/c1-3-24-17-9-8-16(14-18(17)25-4-2)10-13-22-19-15-20(23)26-21(19)11-6-5-7-12-21/h8-9,14-15,22H,3-7,10-13H2,1-2H3. The van der Waals surface area contributed by atoms with Gasteiger partial charge in [0.25, 0.3) is 0 Å². The molecule has 0 unspecified atom stereocenters. The maximum absolute atomic E-state index is 11.8. The molecule has 3 rings (SSSR count). The van der Waals surface area contributed by atoms with E-state index < -0.39 is 5.60 Å². The Labute approximate surface area is 155 Å². The quantitative estimate of drug-likeness (QED) is 0.716. The van der Waals surface area contributed by atoms with Crippen LogP contribution in [0.4, 0.5) is 0 Å². The molecule has 1 N–H and O–H groups in total. The molecule has 0 atom stereocenters. The van der Waals surface area contributed by atoms with E-state index in [-0.39, 0.29) is 5.97 Å². The summed E-state index contributed by atoms with van der Waals surface area (Å²) in [4.78, 5) is 11.8. The zero-order chi connectivity index (χ0) is 18.4. The van der Waals surface area contributed by atoms with Gasteiger partial charge < -0.3 is 19.5 Å². The van der Waals surface area contributed by atoms with E-state index in [2.05, 4.69) is 11.4 Å². The van der Waals surface area contributed by atoms with Crippen molar-refractivity contribution >= 4 is 5.97 Å². The predicted molar refractivity (Wildman–Crippen MR) is 100 cm³/mol. The summed E-state index contributed by atoms with van der Waals surface area (Å²) in [5.41, 5.74) is 1.73. The molecule has 1 fully saturated rings. The van der Waals surface area contributed by atoms with Gasteiger partial charge in [-0.3, -0.25) is 0 Å². The van der Waals surface area contributed by atoms with E-state index in [1.54, 1.807) is 6.08 Å². The first kappa shape index (κ1) is 18.6. The summed E-state index contributed by atoms with van der Waals surface area (Å²) in [5.74, 6) is 1.35. The fourth-order valence-electron chi connectivity index (χ4n) is 3.83. The van der Waals surface area contributed by atoms with E-state index in [0.717, 1.165) is 55.8 Å². The average Bonchev–Trinajstić information content (AvgIpc) is 2.93. The monoisotopic (exact) mass is 359 g/mol. The Morgan fingerprint density at radius 3 is 2.54 bits per heavy atom. The molecular weight excluding hydrogens is 330 g/mol. The number of hydrogen-bond donors (Lipinski definition) is 1. The van der Waals surface area contributed by atoms with Crippen molar-refractivity contribution in [1.82, 2.24) is 5.32 Å². The molecule has 5 nitrogen and oxygen atoms in total. The van der Waals surface area contributed by atoms with Crippen molar-refractivity contribution in [3.05, 3.63) is 35.5 Å². The van der Waals surface area contributed by atoms with Gasteiger partial charge in [-0.2, -0.15) is 0 Å². The van der Waals surface area contributed by atoms with E-state index in [1.165, 1.54) is 12.0 Å². The number of carbonyl (C=O) groups excluding carboxylic acids is 1. The molecule has 0 bridgehead atoms. The van der Waals surface area contributed by atoms with Crippen molar-refractivity contribution in [3.8, 4) is 11.5 Å². The van der Waals surface area contributed by atoms with E-state index in [1.807, 2.05) is 26.0 Å². The molecule has 26 heavy (non-hydrogen) atoms. The molecule has 0 aromatic heterocycles. The SMILES string of the molecule is CCOc1ccc(CCNC2=CC(=O)OC23CCCCC3)cc1OCC. The minimum Gasteiger partial charge on any atom is -0.490 e. The Bertz CT molecular complexity index is 662. The molecule has 1 spiro atoms. The van der Waals surface area contributed by atoms with Crippen LogP contribution in [0.1, 0.15) is 51.5 Å². The highest BCUT2D eigenvalue weighted by atomic mass is 16.6. The maximum atomic E-state index is 11.8.